The molecule has 3 N–H and O–H groups in total. The molecule has 1 saturated heterocycles. The molecule has 104 valence electrons. The summed E-state index contributed by atoms with van der Waals surface area (Å²) in [5.74, 6) is -0.837. The first kappa shape index (κ1) is 16.2. The Kier molecular flexibility index (Phi) is 5.45. The molecule has 9 heteroatoms. The fraction of sp³-hybridized carbons (Fsp3) is 0.778. The molecule has 1 aliphatic carbocycles. The maximum atomic E-state index is 10.4. The molecule has 0 aromatic rings. The Bertz CT molecular complexity index is 347. The number of hydrogen-bond donors (Lipinski definition) is 2. The normalized spacial score (nSPS) is 28.9. The lowest BCUT2D eigenvalue weighted by atomic mass is 10.4. The second-order valence-corrected chi connectivity index (χ2v) is 9.05. The van der Waals surface area contributed by atoms with E-state index in [9.17, 15) is 9.59 Å². The van der Waals surface area contributed by atoms with E-state index in [0.29, 0.717) is 32.7 Å². The molecule has 18 heavy (non-hydrogen) atoms. The number of nitrogens with zero attached hydrogens (tertiary/aromatic N) is 1. The van der Waals surface area contributed by atoms with Gasteiger partial charge in [0.25, 0.3) is 0 Å². The van der Waals surface area contributed by atoms with E-state index in [1.165, 1.54) is 0 Å². The number of hydrogen-bond acceptors (Lipinski definition) is 3. The molecule has 0 bridgehead atoms. The quantitative estimate of drug-likeness (QED) is 0.589. The highest BCUT2D eigenvalue weighted by atomic mass is 79.9. The molecule has 2 aliphatic rings. The van der Waals surface area contributed by atoms with Crippen molar-refractivity contribution in [3.8, 4) is 0 Å². The van der Waals surface area contributed by atoms with Crippen LogP contribution >= 0.6 is 47.8 Å². The molecule has 6 nitrogen and oxygen atoms in total. The smallest absolute Gasteiger partial charge is 0.322 e. The average Bonchev–Trinajstić information content (AvgIpc) is 2.82. The van der Waals surface area contributed by atoms with Crippen molar-refractivity contribution >= 4 is 59.8 Å². The van der Waals surface area contributed by atoms with E-state index >= 15 is 0 Å². The topological polar surface area (TPSA) is 92.9 Å². The number of nitrogens with two attached hydrogens (primary N) is 1. The monoisotopic (exact) mass is 450 g/mol. The first-order valence-corrected chi connectivity index (χ1v) is 7.51. The van der Waals surface area contributed by atoms with Gasteiger partial charge in [0.15, 0.2) is 0 Å². The number of ether oxygens (including phenoxy) is 1. The van der Waals surface area contributed by atoms with E-state index in [4.69, 9.17) is 15.6 Å². The Hall–Kier alpha value is 0.140. The Labute approximate surface area is 130 Å². The molecule has 0 aromatic carbocycles. The molecular formula is C9H13Br3N2O4. The van der Waals surface area contributed by atoms with Crippen LogP contribution in [0.15, 0.2) is 0 Å². The fourth-order valence-corrected chi connectivity index (χ4v) is 3.63. The number of carbonyl (C=O) groups is 2. The van der Waals surface area contributed by atoms with E-state index in [1.807, 2.05) is 0 Å². The first-order chi connectivity index (χ1) is 8.21. The lowest BCUT2D eigenvalue weighted by Gasteiger charge is -2.24. The van der Waals surface area contributed by atoms with Gasteiger partial charge in [-0.15, -0.1) is 0 Å². The van der Waals surface area contributed by atoms with Crippen LogP contribution in [0, 0.1) is 0 Å². The van der Waals surface area contributed by atoms with Crippen LogP contribution in [0.2, 0.25) is 0 Å². The molecule has 1 aliphatic heterocycles. The number of carbonyl (C=O) groups excluding carboxylic acids is 1. The van der Waals surface area contributed by atoms with E-state index in [-0.39, 0.29) is 6.03 Å². The number of alkyl halides is 3. The van der Waals surface area contributed by atoms with Gasteiger partial charge in [-0.1, -0.05) is 47.8 Å². The van der Waals surface area contributed by atoms with Gasteiger partial charge in [0, 0.05) is 19.5 Å². The van der Waals surface area contributed by atoms with Crippen molar-refractivity contribution in [2.24, 2.45) is 5.73 Å². The second kappa shape index (κ2) is 6.06. The summed E-state index contributed by atoms with van der Waals surface area (Å²) >= 11 is 9.48. The number of halogens is 3. The lowest BCUT2D eigenvalue weighted by molar-refractivity contribution is -0.137. The Morgan fingerprint density at radius 1 is 1.22 bits per heavy atom. The van der Waals surface area contributed by atoms with E-state index < -0.39 is 13.5 Å². The number of urea groups is 1. The molecule has 1 saturated carbocycles. The number of primary amides is 1. The summed E-state index contributed by atoms with van der Waals surface area (Å²) in [6.07, 6.45) is 0.565. The zero-order chi connectivity index (χ0) is 14.0. The summed E-state index contributed by atoms with van der Waals surface area (Å²) < 4.78 is 3.78. The Balaban J connectivity index is 0.000000180. The molecule has 2 fully saturated rings. The van der Waals surface area contributed by atoms with Gasteiger partial charge in [0.2, 0.25) is 0 Å². The van der Waals surface area contributed by atoms with Crippen molar-refractivity contribution < 1.29 is 19.4 Å². The van der Waals surface area contributed by atoms with Crippen molar-refractivity contribution in [2.45, 2.75) is 14.0 Å². The fourth-order valence-electron chi connectivity index (χ4n) is 1.28. The van der Waals surface area contributed by atoms with E-state index in [1.54, 1.807) is 4.90 Å². The maximum Gasteiger partial charge on any atom is 0.322 e. The van der Waals surface area contributed by atoms with Crippen molar-refractivity contribution in [1.82, 2.24) is 4.90 Å². The zero-order valence-electron chi connectivity index (χ0n) is 9.37. The van der Waals surface area contributed by atoms with Crippen LogP contribution in [-0.2, 0) is 9.53 Å². The van der Waals surface area contributed by atoms with E-state index in [0.717, 1.165) is 0 Å². The van der Waals surface area contributed by atoms with Crippen molar-refractivity contribution in [1.29, 1.82) is 0 Å². The highest BCUT2D eigenvalue weighted by Gasteiger charge is 2.69. The van der Waals surface area contributed by atoms with Gasteiger partial charge in [-0.2, -0.15) is 0 Å². The molecule has 0 spiro atoms. The van der Waals surface area contributed by atoms with Crippen LogP contribution < -0.4 is 5.73 Å². The van der Waals surface area contributed by atoms with Crippen LogP contribution in [-0.4, -0.2) is 55.9 Å². The number of rotatable bonds is 1. The van der Waals surface area contributed by atoms with Gasteiger partial charge in [-0.05, 0) is 0 Å². The van der Waals surface area contributed by atoms with Crippen LogP contribution in [0.3, 0.4) is 0 Å². The van der Waals surface area contributed by atoms with Crippen molar-refractivity contribution in [3.63, 3.8) is 0 Å². The highest BCUT2D eigenvalue weighted by Crippen LogP contribution is 2.64. The molecule has 0 radical (unpaired) electrons. The highest BCUT2D eigenvalue weighted by molar-refractivity contribution is 9.26. The minimum absolute atomic E-state index is 0.349. The number of amides is 2. The summed E-state index contributed by atoms with van der Waals surface area (Å²) in [6, 6.07) is -0.349. The summed E-state index contributed by atoms with van der Waals surface area (Å²) in [5, 5.41) is 8.54. The molecule has 1 unspecified atom stereocenters. The Morgan fingerprint density at radius 3 is 1.83 bits per heavy atom. The van der Waals surface area contributed by atoms with Crippen LogP contribution in [0.1, 0.15) is 6.42 Å². The number of carboxylic acids is 1. The summed E-state index contributed by atoms with van der Waals surface area (Å²) in [5.41, 5.74) is 5.00. The molecule has 0 aromatic heterocycles. The lowest BCUT2D eigenvalue weighted by Crippen LogP contribution is -2.43. The number of morpholine rings is 1. The third kappa shape index (κ3) is 3.82. The summed E-state index contributed by atoms with van der Waals surface area (Å²) in [7, 11) is 0. The standard InChI is InChI=1S/C5H10N2O2.C4H3Br3O2/c6-5(8)7-1-3-9-4-2-7;5-3(2(8)9)1-4(3,6)7/h1-4H2,(H2,6,8);1H2,(H,8,9). The SMILES string of the molecule is NC(=O)N1CCOCC1.O=C(O)C1(Br)CC1(Br)Br. The van der Waals surface area contributed by atoms with Crippen LogP contribution in [0.4, 0.5) is 4.79 Å². The number of aliphatic carboxylic acids is 1. The van der Waals surface area contributed by atoms with Gasteiger partial charge in [0.05, 0.1) is 13.2 Å². The number of carboxylic acid groups (broad SMARTS) is 1. The Morgan fingerprint density at radius 2 is 1.67 bits per heavy atom. The van der Waals surface area contributed by atoms with Crippen molar-refractivity contribution in [2.75, 3.05) is 26.3 Å². The zero-order valence-corrected chi connectivity index (χ0v) is 14.1. The molecule has 1 atom stereocenters. The minimum Gasteiger partial charge on any atom is -0.480 e. The van der Waals surface area contributed by atoms with Crippen LogP contribution in [0.25, 0.3) is 0 Å². The minimum atomic E-state index is -0.837. The largest absolute Gasteiger partial charge is 0.480 e. The average molecular weight is 453 g/mol. The maximum absolute atomic E-state index is 10.4. The molecule has 1 heterocycles. The summed E-state index contributed by atoms with van der Waals surface area (Å²) in [4.78, 5) is 22.4. The molecule has 2 amide bonds. The third-order valence-electron chi connectivity index (χ3n) is 2.58. The molecule has 2 rings (SSSR count). The van der Waals surface area contributed by atoms with E-state index in [2.05, 4.69) is 47.8 Å². The van der Waals surface area contributed by atoms with Gasteiger partial charge in [0.1, 0.15) is 7.56 Å². The second-order valence-electron chi connectivity index (χ2n) is 3.93. The first-order valence-electron chi connectivity index (χ1n) is 5.13. The predicted molar refractivity (Wildman–Crippen MR) is 76.5 cm³/mol. The van der Waals surface area contributed by atoms with Gasteiger partial charge < -0.3 is 20.5 Å². The van der Waals surface area contributed by atoms with Gasteiger partial charge in [-0.3, -0.25) is 4.79 Å². The van der Waals surface area contributed by atoms with Gasteiger partial charge >= 0.3 is 12.0 Å². The van der Waals surface area contributed by atoms with Crippen LogP contribution in [0.5, 0.6) is 0 Å². The molecular weight excluding hydrogens is 440 g/mol. The predicted octanol–water partition coefficient (Wildman–Crippen LogP) is 1.49. The third-order valence-corrected chi connectivity index (χ3v) is 6.86. The summed E-state index contributed by atoms with van der Waals surface area (Å²) in [6.45, 7) is 2.50. The van der Waals surface area contributed by atoms with Gasteiger partial charge in [-0.25, -0.2) is 4.79 Å². The van der Waals surface area contributed by atoms with Crippen molar-refractivity contribution in [3.05, 3.63) is 0 Å².